The lowest BCUT2D eigenvalue weighted by molar-refractivity contribution is -0.141. The van der Waals surface area contributed by atoms with Gasteiger partial charge in [0, 0.05) is 0 Å². The molecular weight excluding hydrogens is 382 g/mol. The SMILES string of the molecule is CCOC(=O)CN(c1ccccc1C(=O)OCC)S(=O)(=O)c1ccc(C)cc1. The first-order valence-electron chi connectivity index (χ1n) is 8.82. The zero-order valence-corrected chi connectivity index (χ0v) is 16.9. The minimum absolute atomic E-state index is 0.000982. The topological polar surface area (TPSA) is 90.0 Å². The summed E-state index contributed by atoms with van der Waals surface area (Å²) in [5.74, 6) is -1.40. The molecule has 8 heteroatoms. The highest BCUT2D eigenvalue weighted by Gasteiger charge is 2.31. The molecule has 28 heavy (non-hydrogen) atoms. The van der Waals surface area contributed by atoms with Crippen LogP contribution in [0.5, 0.6) is 0 Å². The van der Waals surface area contributed by atoms with Crippen LogP contribution in [-0.2, 0) is 24.3 Å². The molecule has 2 rings (SSSR count). The first-order chi connectivity index (χ1) is 13.3. The monoisotopic (exact) mass is 405 g/mol. The van der Waals surface area contributed by atoms with Crippen LogP contribution in [-0.4, -0.2) is 40.1 Å². The number of para-hydroxylation sites is 1. The first-order valence-corrected chi connectivity index (χ1v) is 10.3. The Hall–Kier alpha value is -2.87. The highest BCUT2D eigenvalue weighted by atomic mass is 32.2. The van der Waals surface area contributed by atoms with Gasteiger partial charge in [0.15, 0.2) is 0 Å². The van der Waals surface area contributed by atoms with E-state index in [0.717, 1.165) is 9.87 Å². The number of rotatable bonds is 8. The van der Waals surface area contributed by atoms with E-state index in [1.54, 1.807) is 38.1 Å². The summed E-state index contributed by atoms with van der Waals surface area (Å²) in [7, 11) is -4.13. The zero-order chi connectivity index (χ0) is 20.7. The van der Waals surface area contributed by atoms with Crippen LogP contribution in [0.15, 0.2) is 53.4 Å². The zero-order valence-electron chi connectivity index (χ0n) is 16.0. The number of carbonyl (C=O) groups excluding carboxylic acids is 2. The van der Waals surface area contributed by atoms with Crippen molar-refractivity contribution < 1.29 is 27.5 Å². The van der Waals surface area contributed by atoms with E-state index in [1.807, 2.05) is 6.92 Å². The lowest BCUT2D eigenvalue weighted by Crippen LogP contribution is -2.37. The fourth-order valence-corrected chi connectivity index (χ4v) is 3.96. The Kier molecular flexibility index (Phi) is 7.17. The van der Waals surface area contributed by atoms with Crippen molar-refractivity contribution in [3.05, 3.63) is 59.7 Å². The van der Waals surface area contributed by atoms with E-state index in [4.69, 9.17) is 9.47 Å². The third-order valence-electron chi connectivity index (χ3n) is 3.86. The second-order valence-electron chi connectivity index (χ2n) is 5.87. The highest BCUT2D eigenvalue weighted by molar-refractivity contribution is 7.92. The molecule has 150 valence electrons. The predicted molar refractivity (Wildman–Crippen MR) is 105 cm³/mol. The van der Waals surface area contributed by atoms with Crippen molar-refractivity contribution in [2.75, 3.05) is 24.1 Å². The molecule has 2 aromatic rings. The Bertz CT molecular complexity index is 937. The molecule has 0 bridgehead atoms. The van der Waals surface area contributed by atoms with Crippen molar-refractivity contribution in [2.24, 2.45) is 0 Å². The van der Waals surface area contributed by atoms with Crippen LogP contribution < -0.4 is 4.31 Å². The van der Waals surface area contributed by atoms with Crippen LogP contribution in [0.25, 0.3) is 0 Å². The Labute approximate surface area is 164 Å². The molecule has 0 heterocycles. The number of nitrogens with zero attached hydrogens (tertiary/aromatic N) is 1. The fourth-order valence-electron chi connectivity index (χ4n) is 2.53. The van der Waals surface area contributed by atoms with Gasteiger partial charge in [0.2, 0.25) is 0 Å². The molecule has 0 atom stereocenters. The minimum atomic E-state index is -4.13. The Morgan fingerprint density at radius 3 is 2.14 bits per heavy atom. The molecule has 0 aliphatic carbocycles. The van der Waals surface area contributed by atoms with E-state index >= 15 is 0 Å². The summed E-state index contributed by atoms with van der Waals surface area (Å²) in [6.45, 7) is 4.79. The minimum Gasteiger partial charge on any atom is -0.465 e. The van der Waals surface area contributed by atoms with Crippen molar-refractivity contribution in [1.29, 1.82) is 0 Å². The largest absolute Gasteiger partial charge is 0.465 e. The number of hydrogen-bond donors (Lipinski definition) is 0. The molecule has 0 aromatic heterocycles. The van der Waals surface area contributed by atoms with Crippen LogP contribution in [0.3, 0.4) is 0 Å². The van der Waals surface area contributed by atoms with E-state index < -0.39 is 28.5 Å². The van der Waals surface area contributed by atoms with Crippen molar-refractivity contribution in [3.8, 4) is 0 Å². The van der Waals surface area contributed by atoms with Crippen molar-refractivity contribution in [3.63, 3.8) is 0 Å². The van der Waals surface area contributed by atoms with Gasteiger partial charge in [-0.2, -0.15) is 0 Å². The number of esters is 2. The second-order valence-corrected chi connectivity index (χ2v) is 7.73. The van der Waals surface area contributed by atoms with E-state index in [-0.39, 0.29) is 29.4 Å². The van der Waals surface area contributed by atoms with Gasteiger partial charge in [-0.25, -0.2) is 13.2 Å². The smallest absolute Gasteiger partial charge is 0.340 e. The molecular formula is C20H23NO6S. The van der Waals surface area contributed by atoms with Crippen LogP contribution in [0, 0.1) is 6.92 Å². The standard InChI is InChI=1S/C20H23NO6S/c1-4-26-19(22)14-21(28(24,25)16-12-10-15(3)11-13-16)18-9-7-6-8-17(18)20(23)27-5-2/h6-13H,4-5,14H2,1-3H3. The van der Waals surface area contributed by atoms with Gasteiger partial charge in [-0.05, 0) is 45.0 Å². The average Bonchev–Trinajstić information content (AvgIpc) is 2.67. The molecule has 0 unspecified atom stereocenters. The molecule has 0 N–H and O–H groups in total. The van der Waals surface area contributed by atoms with Crippen molar-refractivity contribution in [2.45, 2.75) is 25.7 Å². The van der Waals surface area contributed by atoms with Gasteiger partial charge in [-0.15, -0.1) is 0 Å². The fraction of sp³-hybridized carbons (Fsp3) is 0.300. The molecule has 0 spiro atoms. The van der Waals surface area contributed by atoms with Gasteiger partial charge >= 0.3 is 11.9 Å². The first kappa shape index (κ1) is 21.4. The van der Waals surface area contributed by atoms with Gasteiger partial charge in [-0.1, -0.05) is 29.8 Å². The van der Waals surface area contributed by atoms with Crippen LogP contribution in [0.2, 0.25) is 0 Å². The lowest BCUT2D eigenvalue weighted by atomic mass is 10.2. The van der Waals surface area contributed by atoms with Crippen molar-refractivity contribution >= 4 is 27.6 Å². The third-order valence-corrected chi connectivity index (χ3v) is 5.63. The number of aryl methyl sites for hydroxylation is 1. The summed E-state index contributed by atoms with van der Waals surface area (Å²) in [5, 5.41) is 0. The van der Waals surface area contributed by atoms with Crippen LogP contribution >= 0.6 is 0 Å². The molecule has 2 aromatic carbocycles. The van der Waals surface area contributed by atoms with Crippen LogP contribution in [0.4, 0.5) is 5.69 Å². The van der Waals surface area contributed by atoms with Gasteiger partial charge in [-0.3, -0.25) is 9.10 Å². The van der Waals surface area contributed by atoms with E-state index in [9.17, 15) is 18.0 Å². The van der Waals surface area contributed by atoms with Gasteiger partial charge < -0.3 is 9.47 Å². The van der Waals surface area contributed by atoms with E-state index in [1.165, 1.54) is 24.3 Å². The maximum Gasteiger partial charge on any atom is 0.340 e. The van der Waals surface area contributed by atoms with E-state index in [0.29, 0.717) is 0 Å². The molecule has 0 saturated carbocycles. The van der Waals surface area contributed by atoms with Gasteiger partial charge in [0.05, 0.1) is 29.4 Å². The van der Waals surface area contributed by atoms with Gasteiger partial charge in [0.1, 0.15) is 6.54 Å². The summed E-state index contributed by atoms with van der Waals surface area (Å²) in [4.78, 5) is 24.5. The summed E-state index contributed by atoms with van der Waals surface area (Å²) < 4.78 is 37.4. The maximum atomic E-state index is 13.3. The number of ether oxygens (including phenoxy) is 2. The molecule has 7 nitrogen and oxygen atoms in total. The number of carbonyl (C=O) groups is 2. The molecule has 0 radical (unpaired) electrons. The van der Waals surface area contributed by atoms with E-state index in [2.05, 4.69) is 0 Å². The summed E-state index contributed by atoms with van der Waals surface area (Å²) in [5.41, 5.74) is 0.988. The number of anilines is 1. The number of sulfonamides is 1. The van der Waals surface area contributed by atoms with Gasteiger partial charge in [0.25, 0.3) is 10.0 Å². The predicted octanol–water partition coefficient (Wildman–Crippen LogP) is 2.93. The Morgan fingerprint density at radius 2 is 1.54 bits per heavy atom. The quantitative estimate of drug-likeness (QED) is 0.627. The molecule has 0 amide bonds. The summed E-state index contributed by atoms with van der Waals surface area (Å²) >= 11 is 0. The van der Waals surface area contributed by atoms with Crippen LogP contribution in [0.1, 0.15) is 29.8 Å². The highest BCUT2D eigenvalue weighted by Crippen LogP contribution is 2.28. The van der Waals surface area contributed by atoms with Crippen molar-refractivity contribution in [1.82, 2.24) is 0 Å². The number of hydrogen-bond acceptors (Lipinski definition) is 6. The summed E-state index contributed by atoms with van der Waals surface area (Å²) in [6.07, 6.45) is 0. The summed E-state index contributed by atoms with van der Waals surface area (Å²) in [6, 6.07) is 12.3. The molecule has 0 aliphatic heterocycles. The molecule has 0 aliphatic rings. The lowest BCUT2D eigenvalue weighted by Gasteiger charge is -2.25. The molecule has 0 fully saturated rings. The maximum absolute atomic E-state index is 13.3. The average molecular weight is 405 g/mol. The Morgan fingerprint density at radius 1 is 0.929 bits per heavy atom. The molecule has 0 saturated heterocycles. The second kappa shape index (κ2) is 9.36. The Balaban J connectivity index is 2.59. The normalized spacial score (nSPS) is 11.0. The number of benzene rings is 2. The third kappa shape index (κ3) is 4.89.